The van der Waals surface area contributed by atoms with Crippen molar-refractivity contribution in [3.05, 3.63) is 45.0 Å². The molecule has 2 rings (SSSR count). The molecule has 0 fully saturated rings. The van der Waals surface area contributed by atoms with Gasteiger partial charge in [0, 0.05) is 4.88 Å². The van der Waals surface area contributed by atoms with E-state index in [1.807, 2.05) is 29.6 Å². The molecule has 1 atom stereocenters. The van der Waals surface area contributed by atoms with Crippen LogP contribution in [0.3, 0.4) is 0 Å². The predicted octanol–water partition coefficient (Wildman–Crippen LogP) is 3.57. The van der Waals surface area contributed by atoms with E-state index in [4.69, 9.17) is 10.2 Å². The Bertz CT molecular complexity index is 387. The molecule has 0 aliphatic heterocycles. The lowest BCUT2D eigenvalue weighted by atomic mass is 10.2. The van der Waals surface area contributed by atoms with E-state index in [1.54, 1.807) is 11.3 Å². The fraction of sp³-hybridized carbons (Fsp3) is 0.111. The lowest BCUT2D eigenvalue weighted by molar-refractivity contribution is 0.472. The van der Waals surface area contributed by atoms with Crippen molar-refractivity contribution < 1.29 is 4.42 Å². The minimum absolute atomic E-state index is 0. The lowest BCUT2D eigenvalue weighted by Crippen LogP contribution is -2.08. The van der Waals surface area contributed by atoms with Crippen LogP contribution in [0.5, 0.6) is 0 Å². The summed E-state index contributed by atoms with van der Waals surface area (Å²) in [5, 5.41) is 2.01. The Morgan fingerprint density at radius 2 is 2.14 bits per heavy atom. The van der Waals surface area contributed by atoms with Crippen molar-refractivity contribution in [1.82, 2.24) is 0 Å². The summed E-state index contributed by atoms with van der Waals surface area (Å²) in [5.74, 6) is 0.786. The maximum atomic E-state index is 5.97. The predicted molar refractivity (Wildman–Crippen MR) is 64.0 cm³/mol. The number of hydrogen-bond donors (Lipinski definition) is 1. The zero-order valence-corrected chi connectivity index (χ0v) is 10.4. The van der Waals surface area contributed by atoms with Crippen molar-refractivity contribution in [1.29, 1.82) is 0 Å². The highest BCUT2D eigenvalue weighted by Crippen LogP contribution is 2.26. The topological polar surface area (TPSA) is 39.2 Å². The highest BCUT2D eigenvalue weighted by Gasteiger charge is 2.13. The van der Waals surface area contributed by atoms with Crippen molar-refractivity contribution in [3.63, 3.8) is 0 Å². The highest BCUT2D eigenvalue weighted by molar-refractivity contribution is 9.10. The molecule has 14 heavy (non-hydrogen) atoms. The Labute approximate surface area is 101 Å². The lowest BCUT2D eigenvalue weighted by Gasteiger charge is -2.04. The standard InChI is InChI=1S/C9H8BrNOS.ClH/c10-8-4-3-6(12-8)9(11)7-2-1-5-13-7;/h1-5,9H,11H2;1H/t9-;/m0./s1. The summed E-state index contributed by atoms with van der Waals surface area (Å²) in [6.07, 6.45) is 0. The van der Waals surface area contributed by atoms with Gasteiger partial charge in [0.1, 0.15) is 5.76 Å². The average Bonchev–Trinajstić information content (AvgIpc) is 2.72. The molecule has 2 heterocycles. The second kappa shape index (κ2) is 4.98. The summed E-state index contributed by atoms with van der Waals surface area (Å²) in [6.45, 7) is 0. The SMILES string of the molecule is Cl.N[C@@H](c1ccc(Br)o1)c1cccs1. The molecule has 0 unspecified atom stereocenters. The number of halogens is 2. The normalized spacial score (nSPS) is 12.1. The van der Waals surface area contributed by atoms with Gasteiger partial charge < -0.3 is 10.2 Å². The van der Waals surface area contributed by atoms with Gasteiger partial charge in [-0.15, -0.1) is 23.7 Å². The van der Waals surface area contributed by atoms with Gasteiger partial charge in [0.2, 0.25) is 0 Å². The molecule has 2 aromatic rings. The van der Waals surface area contributed by atoms with Crippen LogP contribution in [0.25, 0.3) is 0 Å². The summed E-state index contributed by atoms with van der Waals surface area (Å²) in [6, 6.07) is 7.58. The Hall–Kier alpha value is -0.290. The summed E-state index contributed by atoms with van der Waals surface area (Å²) >= 11 is 4.88. The van der Waals surface area contributed by atoms with Crippen LogP contribution in [0.15, 0.2) is 38.7 Å². The fourth-order valence-electron chi connectivity index (χ4n) is 1.10. The zero-order valence-electron chi connectivity index (χ0n) is 7.14. The molecule has 2 nitrogen and oxygen atoms in total. The van der Waals surface area contributed by atoms with Crippen LogP contribution in [-0.2, 0) is 0 Å². The smallest absolute Gasteiger partial charge is 0.169 e. The van der Waals surface area contributed by atoms with E-state index in [0.717, 1.165) is 15.3 Å². The van der Waals surface area contributed by atoms with Gasteiger partial charge in [0.15, 0.2) is 4.67 Å². The zero-order chi connectivity index (χ0) is 9.26. The van der Waals surface area contributed by atoms with Crippen molar-refractivity contribution in [2.45, 2.75) is 6.04 Å². The average molecular weight is 295 g/mol. The first-order chi connectivity index (χ1) is 6.27. The fourth-order valence-corrected chi connectivity index (χ4v) is 2.16. The number of thiophene rings is 1. The molecule has 5 heteroatoms. The van der Waals surface area contributed by atoms with Gasteiger partial charge in [-0.05, 0) is 39.5 Å². The van der Waals surface area contributed by atoms with Crippen LogP contribution in [0.2, 0.25) is 0 Å². The van der Waals surface area contributed by atoms with E-state index >= 15 is 0 Å². The van der Waals surface area contributed by atoms with Crippen LogP contribution < -0.4 is 5.73 Å². The highest BCUT2D eigenvalue weighted by atomic mass is 79.9. The number of hydrogen-bond acceptors (Lipinski definition) is 3. The third-order valence-electron chi connectivity index (χ3n) is 1.75. The molecule has 0 aliphatic carbocycles. The summed E-state index contributed by atoms with van der Waals surface area (Å²) in [7, 11) is 0. The molecule has 0 saturated heterocycles. The molecule has 2 aromatic heterocycles. The number of nitrogens with two attached hydrogens (primary N) is 1. The second-order valence-corrected chi connectivity index (χ2v) is 4.40. The minimum Gasteiger partial charge on any atom is -0.452 e. The van der Waals surface area contributed by atoms with Gasteiger partial charge >= 0.3 is 0 Å². The molecule has 0 spiro atoms. The van der Waals surface area contributed by atoms with Crippen molar-refractivity contribution in [3.8, 4) is 0 Å². The molecule has 76 valence electrons. The summed E-state index contributed by atoms with van der Waals surface area (Å²) < 4.78 is 6.08. The minimum atomic E-state index is -0.147. The van der Waals surface area contributed by atoms with Crippen LogP contribution >= 0.6 is 39.7 Å². The van der Waals surface area contributed by atoms with Crippen molar-refractivity contribution in [2.75, 3.05) is 0 Å². The van der Waals surface area contributed by atoms with E-state index in [0.29, 0.717) is 0 Å². The van der Waals surface area contributed by atoms with E-state index in [-0.39, 0.29) is 18.4 Å². The molecule has 0 saturated carbocycles. The van der Waals surface area contributed by atoms with Crippen LogP contribution in [0.1, 0.15) is 16.7 Å². The van der Waals surface area contributed by atoms with Gasteiger partial charge in [-0.3, -0.25) is 0 Å². The molecule has 0 amide bonds. The maximum Gasteiger partial charge on any atom is 0.169 e. The summed E-state index contributed by atoms with van der Waals surface area (Å²) in [4.78, 5) is 1.11. The van der Waals surface area contributed by atoms with Crippen molar-refractivity contribution >= 4 is 39.7 Å². The largest absolute Gasteiger partial charge is 0.452 e. The molecule has 2 N–H and O–H groups in total. The van der Waals surface area contributed by atoms with E-state index in [1.165, 1.54) is 0 Å². The van der Waals surface area contributed by atoms with Crippen LogP contribution in [0, 0.1) is 0 Å². The number of furan rings is 1. The quantitative estimate of drug-likeness (QED) is 0.919. The monoisotopic (exact) mass is 293 g/mol. The van der Waals surface area contributed by atoms with E-state index in [9.17, 15) is 0 Å². The number of rotatable bonds is 2. The first-order valence-electron chi connectivity index (χ1n) is 3.81. The maximum absolute atomic E-state index is 5.97. The molecule has 0 aliphatic rings. The van der Waals surface area contributed by atoms with Crippen LogP contribution in [0.4, 0.5) is 0 Å². The van der Waals surface area contributed by atoms with Gasteiger partial charge in [0.05, 0.1) is 6.04 Å². The molecule has 0 bridgehead atoms. The van der Waals surface area contributed by atoms with Gasteiger partial charge in [0.25, 0.3) is 0 Å². The van der Waals surface area contributed by atoms with Gasteiger partial charge in [-0.25, -0.2) is 0 Å². The molecule has 0 aromatic carbocycles. The van der Waals surface area contributed by atoms with Crippen molar-refractivity contribution in [2.24, 2.45) is 5.73 Å². The Kier molecular flexibility index (Phi) is 4.19. The Balaban J connectivity index is 0.000000980. The Morgan fingerprint density at radius 1 is 1.36 bits per heavy atom. The first-order valence-corrected chi connectivity index (χ1v) is 5.49. The van der Waals surface area contributed by atoms with E-state index in [2.05, 4.69) is 15.9 Å². The summed E-state index contributed by atoms with van der Waals surface area (Å²) in [5.41, 5.74) is 5.97. The third-order valence-corrected chi connectivity index (χ3v) is 3.13. The van der Waals surface area contributed by atoms with Gasteiger partial charge in [-0.2, -0.15) is 0 Å². The third kappa shape index (κ3) is 2.39. The first kappa shape index (κ1) is 11.8. The molecular weight excluding hydrogens is 286 g/mol. The molecular formula is C9H9BrClNOS. The molecule has 0 radical (unpaired) electrons. The Morgan fingerprint density at radius 3 is 2.64 bits per heavy atom. The van der Waals surface area contributed by atoms with E-state index < -0.39 is 0 Å². The van der Waals surface area contributed by atoms with Crippen LogP contribution in [-0.4, -0.2) is 0 Å². The second-order valence-electron chi connectivity index (χ2n) is 2.63. The van der Waals surface area contributed by atoms with Gasteiger partial charge in [-0.1, -0.05) is 6.07 Å².